The molecule has 1 unspecified atom stereocenters. The highest BCUT2D eigenvalue weighted by Crippen LogP contribution is 2.27. The number of aryl methyl sites for hydroxylation is 1. The number of nitrogens with zero attached hydrogens (tertiary/aromatic N) is 1. The van der Waals surface area contributed by atoms with Crippen LogP contribution in [-0.4, -0.2) is 4.57 Å². The van der Waals surface area contributed by atoms with Gasteiger partial charge in [0.05, 0.1) is 5.52 Å². The molecule has 80 valence electrons. The van der Waals surface area contributed by atoms with E-state index in [2.05, 4.69) is 0 Å². The van der Waals surface area contributed by atoms with Crippen LogP contribution in [0.3, 0.4) is 0 Å². The molecule has 3 heteroatoms. The van der Waals surface area contributed by atoms with E-state index in [4.69, 9.17) is 5.73 Å². The summed E-state index contributed by atoms with van der Waals surface area (Å²) in [5.41, 5.74) is 7.64. The fourth-order valence-corrected chi connectivity index (χ4v) is 1.95. The van der Waals surface area contributed by atoms with Crippen molar-refractivity contribution in [2.24, 2.45) is 5.73 Å². The molecule has 0 aliphatic carbocycles. The molecule has 1 atom stereocenters. The third kappa shape index (κ3) is 1.53. The van der Waals surface area contributed by atoms with Gasteiger partial charge in [-0.2, -0.15) is 0 Å². The van der Waals surface area contributed by atoms with Crippen molar-refractivity contribution in [2.75, 3.05) is 0 Å². The molecule has 0 spiro atoms. The van der Waals surface area contributed by atoms with Gasteiger partial charge >= 0.3 is 0 Å². The van der Waals surface area contributed by atoms with E-state index in [-0.39, 0.29) is 11.9 Å². The summed E-state index contributed by atoms with van der Waals surface area (Å²) >= 11 is 0. The van der Waals surface area contributed by atoms with E-state index in [0.717, 1.165) is 17.6 Å². The molecule has 0 saturated carbocycles. The number of rotatable bonds is 2. The van der Waals surface area contributed by atoms with Gasteiger partial charge in [0.2, 0.25) is 0 Å². The Bertz CT molecular complexity index is 486. The molecule has 0 saturated heterocycles. The molecule has 15 heavy (non-hydrogen) atoms. The maximum atomic E-state index is 13.7. The van der Waals surface area contributed by atoms with Crippen molar-refractivity contribution in [1.82, 2.24) is 4.57 Å². The van der Waals surface area contributed by atoms with Gasteiger partial charge in [0.15, 0.2) is 0 Å². The number of hydrogen-bond donors (Lipinski definition) is 1. The Morgan fingerprint density at radius 2 is 2.20 bits per heavy atom. The van der Waals surface area contributed by atoms with E-state index < -0.39 is 0 Å². The van der Waals surface area contributed by atoms with E-state index in [9.17, 15) is 4.39 Å². The minimum absolute atomic E-state index is 0.141. The zero-order valence-electron chi connectivity index (χ0n) is 9.00. The molecular weight excluding hydrogens is 191 g/mol. The van der Waals surface area contributed by atoms with Gasteiger partial charge in [-0.15, -0.1) is 0 Å². The van der Waals surface area contributed by atoms with Gasteiger partial charge < -0.3 is 10.3 Å². The lowest BCUT2D eigenvalue weighted by Gasteiger charge is -2.02. The first-order valence-electron chi connectivity index (χ1n) is 5.18. The number of benzene rings is 1. The summed E-state index contributed by atoms with van der Waals surface area (Å²) in [6.07, 6.45) is 1.94. The zero-order valence-corrected chi connectivity index (χ0v) is 9.00. The summed E-state index contributed by atoms with van der Waals surface area (Å²) < 4.78 is 15.7. The zero-order chi connectivity index (χ0) is 11.0. The molecule has 0 aliphatic rings. The summed E-state index contributed by atoms with van der Waals surface area (Å²) in [6, 6.07) is 4.99. The Hall–Kier alpha value is -1.35. The standard InChI is InChI=1S/C12H15FN2/c1-3-15-7-9(8(2)14)12-10(13)5-4-6-11(12)15/h4-8H,3,14H2,1-2H3. The number of nitrogens with two attached hydrogens (primary N) is 1. The van der Waals surface area contributed by atoms with Gasteiger partial charge in [0.1, 0.15) is 5.82 Å². The van der Waals surface area contributed by atoms with Gasteiger partial charge in [-0.3, -0.25) is 0 Å². The highest BCUT2D eigenvalue weighted by molar-refractivity contribution is 5.85. The van der Waals surface area contributed by atoms with Gasteiger partial charge in [0.25, 0.3) is 0 Å². The van der Waals surface area contributed by atoms with Gasteiger partial charge in [0, 0.05) is 24.2 Å². The Labute approximate surface area is 88.5 Å². The molecule has 2 aromatic rings. The molecule has 2 N–H and O–H groups in total. The predicted octanol–water partition coefficient (Wildman–Crippen LogP) is 2.82. The SMILES string of the molecule is CCn1cc(C(C)N)c2c(F)cccc21. The summed E-state index contributed by atoms with van der Waals surface area (Å²) in [7, 11) is 0. The maximum absolute atomic E-state index is 13.7. The first-order chi connectivity index (χ1) is 7.15. The van der Waals surface area contributed by atoms with Crippen LogP contribution in [0.4, 0.5) is 4.39 Å². The summed E-state index contributed by atoms with van der Waals surface area (Å²) in [5, 5.41) is 0.661. The molecule has 2 rings (SSSR count). The summed E-state index contributed by atoms with van der Waals surface area (Å²) in [5.74, 6) is -0.188. The minimum Gasteiger partial charge on any atom is -0.347 e. The third-order valence-corrected chi connectivity index (χ3v) is 2.72. The second kappa shape index (κ2) is 3.66. The van der Waals surface area contributed by atoms with Crippen LogP contribution in [-0.2, 0) is 6.54 Å². The van der Waals surface area contributed by atoms with Crippen molar-refractivity contribution in [3.05, 3.63) is 35.8 Å². The van der Waals surface area contributed by atoms with Gasteiger partial charge in [-0.05, 0) is 31.5 Å². The van der Waals surface area contributed by atoms with Gasteiger partial charge in [-0.1, -0.05) is 6.07 Å². The second-order valence-corrected chi connectivity index (χ2v) is 3.79. The van der Waals surface area contributed by atoms with Crippen LogP contribution in [0.1, 0.15) is 25.5 Å². The Morgan fingerprint density at radius 1 is 1.47 bits per heavy atom. The van der Waals surface area contributed by atoms with Crippen LogP contribution in [0.2, 0.25) is 0 Å². The smallest absolute Gasteiger partial charge is 0.132 e. The van der Waals surface area contributed by atoms with Crippen molar-refractivity contribution in [1.29, 1.82) is 0 Å². The lowest BCUT2D eigenvalue weighted by molar-refractivity contribution is 0.637. The molecule has 0 fully saturated rings. The minimum atomic E-state index is -0.188. The molecule has 0 bridgehead atoms. The second-order valence-electron chi connectivity index (χ2n) is 3.79. The maximum Gasteiger partial charge on any atom is 0.132 e. The first kappa shape index (κ1) is 10.2. The van der Waals surface area contributed by atoms with Crippen molar-refractivity contribution in [2.45, 2.75) is 26.4 Å². The van der Waals surface area contributed by atoms with Crippen molar-refractivity contribution >= 4 is 10.9 Å². The largest absolute Gasteiger partial charge is 0.347 e. The highest BCUT2D eigenvalue weighted by Gasteiger charge is 2.13. The molecule has 1 aromatic carbocycles. The number of hydrogen-bond acceptors (Lipinski definition) is 1. The van der Waals surface area contributed by atoms with Crippen LogP contribution < -0.4 is 5.73 Å². The molecule has 1 aromatic heterocycles. The predicted molar refractivity (Wildman–Crippen MR) is 60.2 cm³/mol. The van der Waals surface area contributed by atoms with E-state index in [1.165, 1.54) is 6.07 Å². The van der Waals surface area contributed by atoms with Crippen molar-refractivity contribution in [3.8, 4) is 0 Å². The van der Waals surface area contributed by atoms with Gasteiger partial charge in [-0.25, -0.2) is 4.39 Å². The Morgan fingerprint density at radius 3 is 2.80 bits per heavy atom. The molecular formula is C12H15FN2. The first-order valence-corrected chi connectivity index (χ1v) is 5.18. The summed E-state index contributed by atoms with van der Waals surface area (Å²) in [4.78, 5) is 0. The number of aromatic nitrogens is 1. The fourth-order valence-electron chi connectivity index (χ4n) is 1.95. The fraction of sp³-hybridized carbons (Fsp3) is 0.333. The van der Waals surface area contributed by atoms with Crippen LogP contribution >= 0.6 is 0 Å². The Kier molecular flexibility index (Phi) is 2.49. The average molecular weight is 206 g/mol. The van der Waals surface area contributed by atoms with Crippen molar-refractivity contribution in [3.63, 3.8) is 0 Å². The number of halogens is 1. The van der Waals surface area contributed by atoms with Crippen LogP contribution in [0.15, 0.2) is 24.4 Å². The average Bonchev–Trinajstić information content (AvgIpc) is 2.58. The Balaban J connectivity index is 2.82. The highest BCUT2D eigenvalue weighted by atomic mass is 19.1. The lowest BCUT2D eigenvalue weighted by Crippen LogP contribution is -2.04. The lowest BCUT2D eigenvalue weighted by atomic mass is 10.1. The van der Waals surface area contributed by atoms with E-state index in [1.807, 2.05) is 30.7 Å². The van der Waals surface area contributed by atoms with E-state index in [0.29, 0.717) is 5.39 Å². The normalized spacial score (nSPS) is 13.3. The monoisotopic (exact) mass is 206 g/mol. The molecule has 2 nitrogen and oxygen atoms in total. The number of fused-ring (bicyclic) bond motifs is 1. The molecule has 0 aliphatic heterocycles. The van der Waals surface area contributed by atoms with Crippen LogP contribution in [0, 0.1) is 5.82 Å². The summed E-state index contributed by atoms with van der Waals surface area (Å²) in [6.45, 7) is 4.74. The topological polar surface area (TPSA) is 30.9 Å². The van der Waals surface area contributed by atoms with E-state index >= 15 is 0 Å². The van der Waals surface area contributed by atoms with Crippen LogP contribution in [0.25, 0.3) is 10.9 Å². The quantitative estimate of drug-likeness (QED) is 0.804. The van der Waals surface area contributed by atoms with Crippen LogP contribution in [0.5, 0.6) is 0 Å². The molecule has 1 heterocycles. The third-order valence-electron chi connectivity index (χ3n) is 2.72. The molecule has 0 amide bonds. The van der Waals surface area contributed by atoms with E-state index in [1.54, 1.807) is 6.07 Å². The molecule has 0 radical (unpaired) electrons. The van der Waals surface area contributed by atoms with Crippen molar-refractivity contribution < 1.29 is 4.39 Å².